The smallest absolute Gasteiger partial charge is 0.242 e. The van der Waals surface area contributed by atoms with Crippen molar-refractivity contribution in [3.05, 3.63) is 24.0 Å². The van der Waals surface area contributed by atoms with Crippen LogP contribution < -0.4 is 10.5 Å². The molecule has 0 aromatic carbocycles. The second kappa shape index (κ2) is 5.52. The van der Waals surface area contributed by atoms with Gasteiger partial charge in [0.2, 0.25) is 10.0 Å². The minimum absolute atomic E-state index is 0.109. The molecule has 0 spiro atoms. The first-order chi connectivity index (χ1) is 7.83. The summed E-state index contributed by atoms with van der Waals surface area (Å²) in [5.74, 6) is 0.244. The predicted molar refractivity (Wildman–Crippen MR) is 70.2 cm³/mol. The average molecular weight is 273 g/mol. The molecule has 0 aliphatic heterocycles. The number of nitrogens with zero attached hydrogens (tertiary/aromatic N) is 1. The normalized spacial score (nSPS) is 11.7. The van der Waals surface area contributed by atoms with Crippen LogP contribution in [0, 0.1) is 5.92 Å². The molecule has 1 aromatic rings. The zero-order chi connectivity index (χ0) is 13.1. The molecule has 0 radical (unpaired) electrons. The van der Waals surface area contributed by atoms with Crippen LogP contribution in [0.15, 0.2) is 23.2 Å². The number of thiocarbonyl (C=S) groups is 1. The lowest BCUT2D eigenvalue weighted by Gasteiger charge is -2.08. The van der Waals surface area contributed by atoms with Crippen molar-refractivity contribution in [3.63, 3.8) is 0 Å². The van der Waals surface area contributed by atoms with Crippen LogP contribution in [0.3, 0.4) is 0 Å². The van der Waals surface area contributed by atoms with E-state index in [1.54, 1.807) is 0 Å². The third kappa shape index (κ3) is 4.03. The van der Waals surface area contributed by atoms with Gasteiger partial charge in [-0.25, -0.2) is 13.1 Å². The van der Waals surface area contributed by atoms with Crippen LogP contribution in [0.25, 0.3) is 0 Å². The number of nitrogens with one attached hydrogen (secondary N) is 1. The zero-order valence-electron chi connectivity index (χ0n) is 9.67. The van der Waals surface area contributed by atoms with E-state index in [4.69, 9.17) is 18.0 Å². The first kappa shape index (κ1) is 14.0. The van der Waals surface area contributed by atoms with Gasteiger partial charge in [-0.05, 0) is 18.1 Å². The third-order valence-electron chi connectivity index (χ3n) is 1.98. The van der Waals surface area contributed by atoms with E-state index in [9.17, 15) is 8.42 Å². The molecule has 0 bridgehead atoms. The Bertz CT molecular complexity index is 495. The van der Waals surface area contributed by atoms with Gasteiger partial charge in [0.25, 0.3) is 0 Å². The molecule has 0 amide bonds. The molecular formula is C10H15N3O2S2. The van der Waals surface area contributed by atoms with Crippen molar-refractivity contribution in [1.29, 1.82) is 0 Å². The van der Waals surface area contributed by atoms with E-state index >= 15 is 0 Å². The number of pyridine rings is 1. The highest BCUT2D eigenvalue weighted by molar-refractivity contribution is 7.89. The molecule has 0 fully saturated rings. The van der Waals surface area contributed by atoms with Crippen LogP contribution in [0.5, 0.6) is 0 Å². The van der Waals surface area contributed by atoms with Gasteiger partial charge in [-0.2, -0.15) is 0 Å². The molecule has 1 heterocycles. The fourth-order valence-corrected chi connectivity index (χ4v) is 2.32. The molecule has 0 saturated carbocycles. The molecule has 3 N–H and O–H groups in total. The van der Waals surface area contributed by atoms with E-state index in [0.29, 0.717) is 12.2 Å². The molecule has 0 saturated heterocycles. The lowest BCUT2D eigenvalue weighted by Crippen LogP contribution is -2.27. The van der Waals surface area contributed by atoms with E-state index in [-0.39, 0.29) is 15.8 Å². The topological polar surface area (TPSA) is 85.1 Å². The third-order valence-corrected chi connectivity index (χ3v) is 3.60. The summed E-state index contributed by atoms with van der Waals surface area (Å²) in [4.78, 5) is 4.14. The van der Waals surface area contributed by atoms with E-state index < -0.39 is 10.0 Å². The average Bonchev–Trinajstić information content (AvgIpc) is 2.27. The zero-order valence-corrected chi connectivity index (χ0v) is 11.3. The predicted octanol–water partition coefficient (Wildman–Crippen LogP) is 0.650. The van der Waals surface area contributed by atoms with E-state index in [1.807, 2.05) is 13.8 Å². The van der Waals surface area contributed by atoms with Crippen molar-refractivity contribution >= 4 is 27.2 Å². The van der Waals surface area contributed by atoms with Crippen LogP contribution in [-0.2, 0) is 10.0 Å². The number of nitrogens with two attached hydrogens (primary N) is 1. The Balaban J connectivity index is 2.89. The molecule has 0 aliphatic rings. The molecular weight excluding hydrogens is 258 g/mol. The lowest BCUT2D eigenvalue weighted by atomic mass is 10.2. The van der Waals surface area contributed by atoms with Crippen molar-refractivity contribution in [2.75, 3.05) is 6.54 Å². The van der Waals surface area contributed by atoms with Gasteiger partial charge < -0.3 is 5.73 Å². The van der Waals surface area contributed by atoms with Gasteiger partial charge in [0, 0.05) is 12.7 Å². The molecule has 0 unspecified atom stereocenters. The first-order valence-electron chi connectivity index (χ1n) is 5.08. The maximum atomic E-state index is 11.8. The Labute approximate surface area is 106 Å². The summed E-state index contributed by atoms with van der Waals surface area (Å²) >= 11 is 4.73. The Morgan fingerprint density at radius 3 is 2.59 bits per heavy atom. The minimum Gasteiger partial charge on any atom is -0.388 e. The quantitative estimate of drug-likeness (QED) is 0.769. The van der Waals surface area contributed by atoms with Crippen molar-refractivity contribution in [3.8, 4) is 0 Å². The van der Waals surface area contributed by atoms with E-state index in [0.717, 1.165) is 0 Å². The highest BCUT2D eigenvalue weighted by Crippen LogP contribution is 2.08. The van der Waals surface area contributed by atoms with Crippen molar-refractivity contribution in [2.24, 2.45) is 11.7 Å². The molecule has 1 rings (SSSR count). The number of hydrogen-bond donors (Lipinski definition) is 2. The number of aromatic nitrogens is 1. The monoisotopic (exact) mass is 273 g/mol. The Morgan fingerprint density at radius 2 is 2.18 bits per heavy atom. The van der Waals surface area contributed by atoms with Crippen LogP contribution in [0.2, 0.25) is 0 Å². The summed E-state index contributed by atoms with van der Waals surface area (Å²) in [6, 6.07) is 2.93. The highest BCUT2D eigenvalue weighted by Gasteiger charge is 2.14. The standard InChI is InChI=1S/C10H15N3O2S2/c1-7(2)5-13-17(14,15)8-3-4-9(10(11)16)12-6-8/h3-4,6-7,13H,5H2,1-2H3,(H2,11,16). The van der Waals surface area contributed by atoms with Gasteiger partial charge >= 0.3 is 0 Å². The van der Waals surface area contributed by atoms with Gasteiger partial charge in [-0.15, -0.1) is 0 Å². The molecule has 5 nitrogen and oxygen atoms in total. The molecule has 1 aromatic heterocycles. The number of sulfonamides is 1. The maximum absolute atomic E-state index is 11.8. The highest BCUT2D eigenvalue weighted by atomic mass is 32.2. The summed E-state index contributed by atoms with van der Waals surface area (Å²) in [5.41, 5.74) is 5.78. The fraction of sp³-hybridized carbons (Fsp3) is 0.400. The van der Waals surface area contributed by atoms with Gasteiger partial charge in [0.1, 0.15) is 9.88 Å². The first-order valence-corrected chi connectivity index (χ1v) is 6.97. The maximum Gasteiger partial charge on any atom is 0.242 e. The van der Waals surface area contributed by atoms with Crippen LogP contribution in [-0.4, -0.2) is 24.9 Å². The van der Waals surface area contributed by atoms with E-state index in [1.165, 1.54) is 18.3 Å². The van der Waals surface area contributed by atoms with Gasteiger partial charge in [0.05, 0.1) is 5.69 Å². The fourth-order valence-electron chi connectivity index (χ4n) is 1.04. The molecule has 0 atom stereocenters. The SMILES string of the molecule is CC(C)CNS(=O)(=O)c1ccc(C(N)=S)nc1. The van der Waals surface area contributed by atoms with Gasteiger partial charge in [0.15, 0.2) is 0 Å². The second-order valence-corrected chi connectivity index (χ2v) is 6.20. The van der Waals surface area contributed by atoms with Crippen LogP contribution >= 0.6 is 12.2 Å². The molecule has 17 heavy (non-hydrogen) atoms. The van der Waals surface area contributed by atoms with Crippen molar-refractivity contribution in [2.45, 2.75) is 18.7 Å². The van der Waals surface area contributed by atoms with Gasteiger partial charge in [-0.3, -0.25) is 4.98 Å². The largest absolute Gasteiger partial charge is 0.388 e. The van der Waals surface area contributed by atoms with Crippen molar-refractivity contribution in [1.82, 2.24) is 9.71 Å². The minimum atomic E-state index is -3.49. The molecule has 0 aliphatic carbocycles. The second-order valence-electron chi connectivity index (χ2n) is 3.99. The summed E-state index contributed by atoms with van der Waals surface area (Å²) in [5, 5.41) is 0. The Hall–Kier alpha value is -1.05. The summed E-state index contributed by atoms with van der Waals surface area (Å²) in [7, 11) is -3.49. The Morgan fingerprint density at radius 1 is 1.53 bits per heavy atom. The number of rotatable bonds is 5. The number of hydrogen-bond acceptors (Lipinski definition) is 4. The van der Waals surface area contributed by atoms with Crippen LogP contribution in [0.1, 0.15) is 19.5 Å². The summed E-state index contributed by atoms with van der Waals surface area (Å²) in [6.07, 6.45) is 1.25. The van der Waals surface area contributed by atoms with Gasteiger partial charge in [-0.1, -0.05) is 26.1 Å². The molecule has 7 heteroatoms. The van der Waals surface area contributed by atoms with E-state index in [2.05, 4.69) is 9.71 Å². The summed E-state index contributed by atoms with van der Waals surface area (Å²) in [6.45, 7) is 4.24. The Kier molecular flexibility index (Phi) is 4.55. The van der Waals surface area contributed by atoms with Crippen LogP contribution in [0.4, 0.5) is 0 Å². The lowest BCUT2D eigenvalue weighted by molar-refractivity contribution is 0.560. The van der Waals surface area contributed by atoms with Crippen molar-refractivity contribution < 1.29 is 8.42 Å². The summed E-state index contributed by atoms with van der Waals surface area (Å²) < 4.78 is 26.1. The molecule has 94 valence electrons.